The molecule has 1 aromatic rings. The van der Waals surface area contributed by atoms with Gasteiger partial charge in [-0.2, -0.15) is 0 Å². The van der Waals surface area contributed by atoms with Crippen LogP contribution in [0.2, 0.25) is 5.02 Å². The number of nitrogens with one attached hydrogen (secondary N) is 1. The molecule has 0 aromatic heterocycles. The third kappa shape index (κ3) is 5.97. The van der Waals surface area contributed by atoms with E-state index in [2.05, 4.69) is 5.32 Å². The van der Waals surface area contributed by atoms with Gasteiger partial charge in [0.05, 0.1) is 0 Å². The number of benzene rings is 1. The molecular formula is C23H32ClNO4. The lowest BCUT2D eigenvalue weighted by atomic mass is 9.80. The molecule has 1 saturated carbocycles. The molecule has 5 nitrogen and oxygen atoms in total. The number of halogens is 1. The van der Waals surface area contributed by atoms with Crippen molar-refractivity contribution in [2.45, 2.75) is 70.1 Å². The van der Waals surface area contributed by atoms with E-state index in [1.165, 1.54) is 6.42 Å². The van der Waals surface area contributed by atoms with Crippen LogP contribution in [0.1, 0.15) is 63.4 Å². The fourth-order valence-corrected chi connectivity index (χ4v) is 4.46. The fourth-order valence-electron chi connectivity index (χ4n) is 4.33. The number of hydrogen-bond acceptors (Lipinski definition) is 4. The van der Waals surface area contributed by atoms with Crippen LogP contribution in [0.25, 0.3) is 0 Å². The third-order valence-corrected chi connectivity index (χ3v) is 6.08. The Bertz CT molecular complexity index is 685. The fraction of sp³-hybridized carbons (Fsp3) is 0.609. The zero-order valence-electron chi connectivity index (χ0n) is 17.1. The second-order valence-electron chi connectivity index (χ2n) is 7.89. The number of ether oxygens (including phenoxy) is 2. The molecule has 0 bridgehead atoms. The van der Waals surface area contributed by atoms with Crippen molar-refractivity contribution < 1.29 is 19.4 Å². The van der Waals surface area contributed by atoms with Gasteiger partial charge < -0.3 is 19.9 Å². The number of hydrogen-bond donors (Lipinski definition) is 2. The lowest BCUT2D eigenvalue weighted by Gasteiger charge is -2.37. The summed E-state index contributed by atoms with van der Waals surface area (Å²) in [6.45, 7) is 2.52. The van der Waals surface area contributed by atoms with Crippen molar-refractivity contribution in [3.8, 4) is 0 Å². The standard InChI is InChI=1S/C23H32ClNO4/c1-2-28-23-19(9-6-14-26)20(16-10-12-17(24)13-11-16)15-21(29-23)22(27)25-18-7-4-3-5-8-18/h10-13,15,18-20,23,26H,2-9,14H2,1H3,(H,25,27)/t19-,20-,23-/m1/s1. The summed E-state index contributed by atoms with van der Waals surface area (Å²) in [5, 5.41) is 13.2. The van der Waals surface area contributed by atoms with Crippen LogP contribution >= 0.6 is 11.6 Å². The van der Waals surface area contributed by atoms with E-state index in [-0.39, 0.29) is 30.4 Å². The number of aliphatic hydroxyl groups excluding tert-OH is 1. The molecule has 1 fully saturated rings. The Balaban J connectivity index is 1.86. The highest BCUT2D eigenvalue weighted by Crippen LogP contribution is 2.39. The minimum atomic E-state index is -0.524. The first-order valence-electron chi connectivity index (χ1n) is 10.8. The first-order valence-corrected chi connectivity index (χ1v) is 11.2. The molecule has 0 saturated heterocycles. The summed E-state index contributed by atoms with van der Waals surface area (Å²) in [5.41, 5.74) is 1.06. The highest BCUT2D eigenvalue weighted by atomic mass is 35.5. The zero-order valence-corrected chi connectivity index (χ0v) is 17.9. The summed E-state index contributed by atoms with van der Waals surface area (Å²) >= 11 is 6.07. The van der Waals surface area contributed by atoms with Crippen LogP contribution in [0.4, 0.5) is 0 Å². The van der Waals surface area contributed by atoms with E-state index in [0.29, 0.717) is 23.8 Å². The van der Waals surface area contributed by atoms with Crippen molar-refractivity contribution in [3.05, 3.63) is 46.7 Å². The van der Waals surface area contributed by atoms with Crippen LogP contribution in [0.5, 0.6) is 0 Å². The second-order valence-corrected chi connectivity index (χ2v) is 8.32. The van der Waals surface area contributed by atoms with E-state index in [9.17, 15) is 9.90 Å². The molecule has 0 unspecified atom stereocenters. The first kappa shape index (κ1) is 22.1. The summed E-state index contributed by atoms with van der Waals surface area (Å²) in [6, 6.07) is 7.91. The molecule has 3 atom stereocenters. The molecule has 0 radical (unpaired) electrons. The largest absolute Gasteiger partial charge is 0.459 e. The Labute approximate surface area is 178 Å². The number of carbonyl (C=O) groups excluding carboxylic acids is 1. The molecule has 1 aromatic carbocycles. The average Bonchev–Trinajstić information content (AvgIpc) is 2.74. The lowest BCUT2D eigenvalue weighted by molar-refractivity contribution is -0.166. The number of allylic oxidation sites excluding steroid dienone is 1. The minimum Gasteiger partial charge on any atom is -0.459 e. The van der Waals surface area contributed by atoms with Crippen molar-refractivity contribution in [1.82, 2.24) is 5.32 Å². The summed E-state index contributed by atoms with van der Waals surface area (Å²) in [6.07, 6.45) is 8.38. The van der Waals surface area contributed by atoms with Gasteiger partial charge in [-0.05, 0) is 56.4 Å². The van der Waals surface area contributed by atoms with Crippen LogP contribution < -0.4 is 5.32 Å². The van der Waals surface area contributed by atoms with E-state index in [0.717, 1.165) is 37.7 Å². The maximum absolute atomic E-state index is 12.9. The van der Waals surface area contributed by atoms with Crippen molar-refractivity contribution in [1.29, 1.82) is 0 Å². The number of aliphatic hydroxyl groups is 1. The molecule has 1 aliphatic carbocycles. The van der Waals surface area contributed by atoms with E-state index in [4.69, 9.17) is 21.1 Å². The third-order valence-electron chi connectivity index (χ3n) is 5.83. The molecule has 1 amide bonds. The van der Waals surface area contributed by atoms with Crippen LogP contribution in [-0.4, -0.2) is 36.6 Å². The van der Waals surface area contributed by atoms with E-state index < -0.39 is 6.29 Å². The Morgan fingerprint density at radius 2 is 1.97 bits per heavy atom. The second kappa shape index (κ2) is 11.0. The van der Waals surface area contributed by atoms with Crippen LogP contribution in [-0.2, 0) is 14.3 Å². The van der Waals surface area contributed by atoms with Gasteiger partial charge in [0, 0.05) is 36.1 Å². The topological polar surface area (TPSA) is 67.8 Å². The van der Waals surface area contributed by atoms with Crippen LogP contribution in [0.15, 0.2) is 36.1 Å². The van der Waals surface area contributed by atoms with Crippen molar-refractivity contribution in [2.24, 2.45) is 5.92 Å². The Morgan fingerprint density at radius 1 is 1.24 bits per heavy atom. The summed E-state index contributed by atoms with van der Waals surface area (Å²) in [4.78, 5) is 12.9. The molecule has 29 heavy (non-hydrogen) atoms. The maximum atomic E-state index is 12.9. The van der Waals surface area contributed by atoms with Crippen LogP contribution in [0.3, 0.4) is 0 Å². The van der Waals surface area contributed by atoms with Gasteiger partial charge in [-0.25, -0.2) is 0 Å². The predicted molar refractivity (Wildman–Crippen MR) is 114 cm³/mol. The Morgan fingerprint density at radius 3 is 2.62 bits per heavy atom. The van der Waals surface area contributed by atoms with Gasteiger partial charge in [0.25, 0.3) is 5.91 Å². The normalized spacial score (nSPS) is 25.2. The number of carbonyl (C=O) groups is 1. The molecule has 3 rings (SSSR count). The Kier molecular flexibility index (Phi) is 8.40. The Hall–Kier alpha value is -1.56. The van der Waals surface area contributed by atoms with Crippen molar-refractivity contribution >= 4 is 17.5 Å². The number of amides is 1. The van der Waals surface area contributed by atoms with Gasteiger partial charge in [-0.3, -0.25) is 4.79 Å². The lowest BCUT2D eigenvalue weighted by Crippen LogP contribution is -2.42. The van der Waals surface area contributed by atoms with E-state index in [1.807, 2.05) is 37.3 Å². The summed E-state index contributed by atoms with van der Waals surface area (Å²) in [5.74, 6) is 0.126. The van der Waals surface area contributed by atoms with E-state index >= 15 is 0 Å². The van der Waals surface area contributed by atoms with Gasteiger partial charge >= 0.3 is 0 Å². The minimum absolute atomic E-state index is 0.00880. The molecule has 1 aliphatic heterocycles. The average molecular weight is 422 g/mol. The highest BCUT2D eigenvalue weighted by Gasteiger charge is 2.38. The molecule has 2 N–H and O–H groups in total. The molecule has 2 aliphatic rings. The van der Waals surface area contributed by atoms with Gasteiger partial charge in [0.2, 0.25) is 6.29 Å². The summed E-state index contributed by atoms with van der Waals surface area (Å²) < 4.78 is 11.9. The van der Waals surface area contributed by atoms with Crippen molar-refractivity contribution in [3.63, 3.8) is 0 Å². The quantitative estimate of drug-likeness (QED) is 0.646. The monoisotopic (exact) mass is 421 g/mol. The molecule has 0 spiro atoms. The van der Waals surface area contributed by atoms with Gasteiger partial charge in [0.1, 0.15) is 0 Å². The molecule has 160 valence electrons. The smallest absolute Gasteiger partial charge is 0.286 e. The molecule has 6 heteroatoms. The highest BCUT2D eigenvalue weighted by molar-refractivity contribution is 6.30. The van der Waals surface area contributed by atoms with Gasteiger partial charge in [-0.15, -0.1) is 0 Å². The summed E-state index contributed by atoms with van der Waals surface area (Å²) in [7, 11) is 0. The van der Waals surface area contributed by atoms with E-state index in [1.54, 1.807) is 0 Å². The van der Waals surface area contributed by atoms with Gasteiger partial charge in [0.15, 0.2) is 5.76 Å². The first-order chi connectivity index (χ1) is 14.1. The van der Waals surface area contributed by atoms with Crippen LogP contribution in [0, 0.1) is 5.92 Å². The maximum Gasteiger partial charge on any atom is 0.286 e. The predicted octanol–water partition coefficient (Wildman–Crippen LogP) is 4.54. The SMILES string of the molecule is CCO[C@@H]1OC(C(=O)NC2CCCCC2)=C[C@H](c2ccc(Cl)cc2)[C@H]1CCCO. The molecule has 1 heterocycles. The molecular weight excluding hydrogens is 390 g/mol. The van der Waals surface area contributed by atoms with Gasteiger partial charge in [-0.1, -0.05) is 43.0 Å². The zero-order chi connectivity index (χ0) is 20.6. The van der Waals surface area contributed by atoms with Crippen molar-refractivity contribution in [2.75, 3.05) is 13.2 Å². The number of rotatable bonds is 8.